The monoisotopic (exact) mass is 231 g/mol. The summed E-state index contributed by atoms with van der Waals surface area (Å²) >= 11 is 0. The number of carbonyl (C=O) groups is 1. The van der Waals surface area contributed by atoms with Crippen LogP contribution in [0, 0.1) is 0 Å². The summed E-state index contributed by atoms with van der Waals surface area (Å²) in [5.41, 5.74) is 0.554. The highest BCUT2D eigenvalue weighted by Gasteiger charge is 2.04. The highest BCUT2D eigenvalue weighted by molar-refractivity contribution is 6.04. The molecule has 0 spiro atoms. The average Bonchev–Trinajstić information content (AvgIpc) is 2.42. The topological polar surface area (TPSA) is 30.0 Å². The standard InChI is InChI=1S/C11H9NO.2C2H6/c1-8(13)11-10-5-3-2-4-9(10)6-7-12-11;2*1-2/h2-7H,1H3;2*1-2H3. The van der Waals surface area contributed by atoms with E-state index in [-0.39, 0.29) is 5.78 Å². The summed E-state index contributed by atoms with van der Waals surface area (Å²) in [6, 6.07) is 9.66. The molecule has 1 heterocycles. The van der Waals surface area contributed by atoms with Crippen LogP contribution in [-0.4, -0.2) is 10.8 Å². The lowest BCUT2D eigenvalue weighted by atomic mass is 10.1. The number of pyridine rings is 1. The van der Waals surface area contributed by atoms with E-state index in [1.165, 1.54) is 6.92 Å². The molecule has 2 rings (SSSR count). The van der Waals surface area contributed by atoms with Gasteiger partial charge in [-0.05, 0) is 11.5 Å². The average molecular weight is 231 g/mol. The van der Waals surface area contributed by atoms with Crippen LogP contribution in [0.25, 0.3) is 10.8 Å². The molecule has 1 aromatic heterocycles. The van der Waals surface area contributed by atoms with Crippen molar-refractivity contribution < 1.29 is 4.79 Å². The molecule has 0 bridgehead atoms. The summed E-state index contributed by atoms with van der Waals surface area (Å²) in [5.74, 6) is 0.0109. The number of benzene rings is 1. The van der Waals surface area contributed by atoms with Crippen molar-refractivity contribution in [3.8, 4) is 0 Å². The number of aromatic nitrogens is 1. The number of hydrogen-bond acceptors (Lipinski definition) is 2. The van der Waals surface area contributed by atoms with Crippen molar-refractivity contribution in [3.05, 3.63) is 42.2 Å². The van der Waals surface area contributed by atoms with Gasteiger partial charge in [-0.3, -0.25) is 9.78 Å². The van der Waals surface area contributed by atoms with Gasteiger partial charge in [0, 0.05) is 18.5 Å². The smallest absolute Gasteiger partial charge is 0.178 e. The first kappa shape index (κ1) is 15.3. The Morgan fingerprint density at radius 1 is 1.00 bits per heavy atom. The molecule has 17 heavy (non-hydrogen) atoms. The fraction of sp³-hybridized carbons (Fsp3) is 0.333. The summed E-state index contributed by atoms with van der Waals surface area (Å²) in [4.78, 5) is 15.3. The number of fused-ring (bicyclic) bond motifs is 1. The van der Waals surface area contributed by atoms with Crippen LogP contribution in [0.4, 0.5) is 0 Å². The van der Waals surface area contributed by atoms with E-state index in [2.05, 4.69) is 4.98 Å². The maximum atomic E-state index is 11.2. The molecule has 0 atom stereocenters. The molecule has 2 aromatic rings. The van der Waals surface area contributed by atoms with Gasteiger partial charge >= 0.3 is 0 Å². The van der Waals surface area contributed by atoms with Crippen molar-refractivity contribution >= 4 is 16.6 Å². The largest absolute Gasteiger partial charge is 0.293 e. The molecule has 0 fully saturated rings. The molecule has 0 aliphatic heterocycles. The minimum Gasteiger partial charge on any atom is -0.293 e. The molecule has 0 unspecified atom stereocenters. The van der Waals surface area contributed by atoms with E-state index in [4.69, 9.17) is 0 Å². The highest BCUT2D eigenvalue weighted by atomic mass is 16.1. The van der Waals surface area contributed by atoms with Gasteiger partial charge in [-0.15, -0.1) is 0 Å². The molecule has 0 N–H and O–H groups in total. The maximum Gasteiger partial charge on any atom is 0.178 e. The van der Waals surface area contributed by atoms with Crippen molar-refractivity contribution in [3.63, 3.8) is 0 Å². The Morgan fingerprint density at radius 2 is 1.59 bits per heavy atom. The Balaban J connectivity index is 0.000000581. The summed E-state index contributed by atoms with van der Waals surface area (Å²) in [6.07, 6.45) is 1.67. The normalized spacial score (nSPS) is 8.53. The molecular formula is C15H21NO. The summed E-state index contributed by atoms with van der Waals surface area (Å²) < 4.78 is 0. The Bertz CT molecular complexity index is 458. The SMILES string of the molecule is CC.CC.CC(=O)c1nccc2ccccc12. The number of nitrogens with zero attached hydrogens (tertiary/aromatic N) is 1. The van der Waals surface area contributed by atoms with E-state index in [1.807, 2.05) is 58.0 Å². The lowest BCUT2D eigenvalue weighted by molar-refractivity contribution is 0.101. The molecule has 0 saturated carbocycles. The first-order valence-corrected chi connectivity index (χ1v) is 6.14. The van der Waals surface area contributed by atoms with Gasteiger partial charge in [0.15, 0.2) is 5.78 Å². The molecular weight excluding hydrogens is 210 g/mol. The van der Waals surface area contributed by atoms with Gasteiger partial charge in [0.25, 0.3) is 0 Å². The molecule has 1 aromatic carbocycles. The second-order valence-corrected chi connectivity index (χ2v) is 2.94. The third-order valence-corrected chi connectivity index (χ3v) is 2.01. The van der Waals surface area contributed by atoms with Gasteiger partial charge in [0.2, 0.25) is 0 Å². The van der Waals surface area contributed by atoms with Crippen LogP contribution in [-0.2, 0) is 0 Å². The Labute approximate surface area is 104 Å². The fourth-order valence-electron chi connectivity index (χ4n) is 1.40. The second-order valence-electron chi connectivity index (χ2n) is 2.94. The highest BCUT2D eigenvalue weighted by Crippen LogP contribution is 2.16. The summed E-state index contributed by atoms with van der Waals surface area (Å²) in [6.45, 7) is 9.54. The van der Waals surface area contributed by atoms with Gasteiger partial charge in [-0.1, -0.05) is 52.0 Å². The minimum absolute atomic E-state index is 0.0109. The summed E-state index contributed by atoms with van der Waals surface area (Å²) in [5, 5.41) is 1.99. The van der Waals surface area contributed by atoms with Crippen molar-refractivity contribution in [2.24, 2.45) is 0 Å². The third-order valence-electron chi connectivity index (χ3n) is 2.01. The van der Waals surface area contributed by atoms with Gasteiger partial charge in [0.05, 0.1) is 0 Å². The van der Waals surface area contributed by atoms with E-state index < -0.39 is 0 Å². The van der Waals surface area contributed by atoms with Crippen molar-refractivity contribution in [2.75, 3.05) is 0 Å². The first-order valence-electron chi connectivity index (χ1n) is 6.14. The van der Waals surface area contributed by atoms with E-state index in [0.717, 1.165) is 10.8 Å². The van der Waals surface area contributed by atoms with Crippen LogP contribution in [0.1, 0.15) is 45.1 Å². The number of carbonyl (C=O) groups excluding carboxylic acids is 1. The molecule has 0 radical (unpaired) electrons. The van der Waals surface area contributed by atoms with E-state index >= 15 is 0 Å². The van der Waals surface area contributed by atoms with Crippen LogP contribution in [0.3, 0.4) is 0 Å². The van der Waals surface area contributed by atoms with Crippen LogP contribution < -0.4 is 0 Å². The van der Waals surface area contributed by atoms with Crippen LogP contribution in [0.2, 0.25) is 0 Å². The molecule has 0 saturated heterocycles. The first-order chi connectivity index (χ1) is 8.29. The molecule has 92 valence electrons. The number of hydrogen-bond donors (Lipinski definition) is 0. The molecule has 0 aliphatic rings. The predicted octanol–water partition coefficient (Wildman–Crippen LogP) is 4.49. The lowest BCUT2D eigenvalue weighted by Gasteiger charge is -2.00. The van der Waals surface area contributed by atoms with Crippen LogP contribution >= 0.6 is 0 Å². The van der Waals surface area contributed by atoms with Crippen molar-refractivity contribution in [2.45, 2.75) is 34.6 Å². The third kappa shape index (κ3) is 3.99. The van der Waals surface area contributed by atoms with Gasteiger partial charge in [0.1, 0.15) is 5.69 Å². The minimum atomic E-state index is 0.0109. The predicted molar refractivity (Wildman–Crippen MR) is 74.4 cm³/mol. The van der Waals surface area contributed by atoms with Crippen molar-refractivity contribution in [1.82, 2.24) is 4.98 Å². The van der Waals surface area contributed by atoms with Gasteiger partial charge < -0.3 is 0 Å². The van der Waals surface area contributed by atoms with Gasteiger partial charge in [-0.2, -0.15) is 0 Å². The van der Waals surface area contributed by atoms with Crippen LogP contribution in [0.15, 0.2) is 36.5 Å². The molecule has 0 amide bonds. The van der Waals surface area contributed by atoms with E-state index in [1.54, 1.807) is 6.20 Å². The molecule has 2 heteroatoms. The molecule has 0 aliphatic carbocycles. The zero-order valence-electron chi connectivity index (χ0n) is 11.3. The van der Waals surface area contributed by atoms with Crippen LogP contribution in [0.5, 0.6) is 0 Å². The number of ketones is 1. The quantitative estimate of drug-likeness (QED) is 0.677. The Hall–Kier alpha value is -1.70. The lowest BCUT2D eigenvalue weighted by Crippen LogP contribution is -1.96. The molecule has 2 nitrogen and oxygen atoms in total. The van der Waals surface area contributed by atoms with E-state index in [0.29, 0.717) is 5.69 Å². The fourth-order valence-corrected chi connectivity index (χ4v) is 1.40. The van der Waals surface area contributed by atoms with Crippen molar-refractivity contribution in [1.29, 1.82) is 0 Å². The Kier molecular flexibility index (Phi) is 7.61. The zero-order chi connectivity index (χ0) is 13.3. The number of Topliss-reactive ketones (excluding diaryl/α,β-unsaturated/α-hetero) is 1. The van der Waals surface area contributed by atoms with Gasteiger partial charge in [-0.25, -0.2) is 0 Å². The maximum absolute atomic E-state index is 11.2. The Morgan fingerprint density at radius 3 is 2.18 bits per heavy atom. The zero-order valence-corrected chi connectivity index (χ0v) is 11.3. The second kappa shape index (κ2) is 8.45. The summed E-state index contributed by atoms with van der Waals surface area (Å²) in [7, 11) is 0. The van der Waals surface area contributed by atoms with E-state index in [9.17, 15) is 4.79 Å². The number of rotatable bonds is 1.